The summed E-state index contributed by atoms with van der Waals surface area (Å²) in [6, 6.07) is 0. The van der Waals surface area contributed by atoms with Crippen molar-refractivity contribution in [2.24, 2.45) is 0 Å². The van der Waals surface area contributed by atoms with Crippen molar-refractivity contribution in [2.45, 2.75) is 51.5 Å². The zero-order chi connectivity index (χ0) is 13.8. The molecule has 0 saturated carbocycles. The average Bonchev–Trinajstić information content (AvgIpc) is 2.24. The van der Waals surface area contributed by atoms with Crippen molar-refractivity contribution in [1.82, 2.24) is 4.90 Å². The van der Waals surface area contributed by atoms with Crippen LogP contribution in [0.25, 0.3) is 0 Å². The summed E-state index contributed by atoms with van der Waals surface area (Å²) in [7, 11) is 0. The van der Waals surface area contributed by atoms with Crippen LogP contribution in [-0.4, -0.2) is 47.0 Å². The molecule has 1 aliphatic rings. The van der Waals surface area contributed by atoms with Gasteiger partial charge in [-0.1, -0.05) is 0 Å². The van der Waals surface area contributed by atoms with E-state index in [-0.39, 0.29) is 6.61 Å². The minimum Gasteiger partial charge on any atom is -0.465 e. The highest BCUT2D eigenvalue weighted by molar-refractivity contribution is 5.65. The van der Waals surface area contributed by atoms with Crippen molar-refractivity contribution in [3.05, 3.63) is 0 Å². The van der Waals surface area contributed by atoms with Gasteiger partial charge < -0.3 is 19.4 Å². The molecule has 0 radical (unpaired) electrons. The number of ether oxygens (including phenoxy) is 2. The van der Waals surface area contributed by atoms with E-state index in [4.69, 9.17) is 9.47 Å². The van der Waals surface area contributed by atoms with Crippen LogP contribution in [0.4, 0.5) is 4.79 Å². The number of hydrogen-bond donors (Lipinski definition) is 1. The molecular formula is C12H21NO5. The second-order valence-electron chi connectivity index (χ2n) is 5.30. The first kappa shape index (κ1) is 14.9. The summed E-state index contributed by atoms with van der Waals surface area (Å²) in [5.74, 6) is -1.34. The molecule has 0 aliphatic carbocycles. The van der Waals surface area contributed by atoms with Gasteiger partial charge in [0.05, 0.1) is 5.60 Å². The van der Waals surface area contributed by atoms with Gasteiger partial charge in [-0.3, -0.25) is 4.90 Å². The Bertz CT molecular complexity index is 312. The van der Waals surface area contributed by atoms with Crippen LogP contribution in [0, 0.1) is 0 Å². The number of carboxylic acid groups (broad SMARTS) is 1. The van der Waals surface area contributed by atoms with Crippen LogP contribution < -0.4 is 0 Å². The standard InChI is InChI=1S/C12H21NO5/c1-11(2,3)18-12(17-9-8-14)6-4-5-7-13(12)10(15)16/h8H,4-7,9H2,1-3H3,(H,15,16). The van der Waals surface area contributed by atoms with Gasteiger partial charge in [-0.15, -0.1) is 0 Å². The Morgan fingerprint density at radius 2 is 2.11 bits per heavy atom. The van der Waals surface area contributed by atoms with Crippen molar-refractivity contribution in [1.29, 1.82) is 0 Å². The van der Waals surface area contributed by atoms with Gasteiger partial charge >= 0.3 is 6.09 Å². The van der Waals surface area contributed by atoms with Crippen LogP contribution in [0.2, 0.25) is 0 Å². The molecule has 1 amide bonds. The van der Waals surface area contributed by atoms with Crippen molar-refractivity contribution in [3.63, 3.8) is 0 Å². The SMILES string of the molecule is CC(C)(C)OC1(OCC=O)CCCCN1C(=O)O. The lowest BCUT2D eigenvalue weighted by Crippen LogP contribution is -2.60. The Balaban J connectivity index is 2.97. The molecule has 0 bridgehead atoms. The fourth-order valence-corrected chi connectivity index (χ4v) is 2.09. The van der Waals surface area contributed by atoms with E-state index in [1.165, 1.54) is 0 Å². The Labute approximate surface area is 107 Å². The molecule has 18 heavy (non-hydrogen) atoms. The van der Waals surface area contributed by atoms with Gasteiger partial charge in [-0.05, 0) is 33.6 Å². The number of rotatable bonds is 4. The fraction of sp³-hybridized carbons (Fsp3) is 0.833. The second kappa shape index (κ2) is 5.67. The van der Waals surface area contributed by atoms with Crippen LogP contribution in [-0.2, 0) is 14.3 Å². The number of piperidine rings is 1. The normalized spacial score (nSPS) is 24.9. The first-order valence-corrected chi connectivity index (χ1v) is 6.09. The smallest absolute Gasteiger partial charge is 0.411 e. The van der Waals surface area contributed by atoms with Crippen LogP contribution >= 0.6 is 0 Å². The topological polar surface area (TPSA) is 76.1 Å². The summed E-state index contributed by atoms with van der Waals surface area (Å²) in [5.41, 5.74) is -0.562. The summed E-state index contributed by atoms with van der Waals surface area (Å²) < 4.78 is 11.2. The molecule has 1 unspecified atom stereocenters. The van der Waals surface area contributed by atoms with Crippen LogP contribution in [0.1, 0.15) is 40.0 Å². The van der Waals surface area contributed by atoms with E-state index >= 15 is 0 Å². The number of amides is 1. The van der Waals surface area contributed by atoms with Gasteiger partial charge in [0.1, 0.15) is 12.9 Å². The zero-order valence-electron chi connectivity index (χ0n) is 11.1. The number of carbonyl (C=O) groups is 2. The third-order valence-corrected chi connectivity index (χ3v) is 2.61. The van der Waals surface area contributed by atoms with E-state index in [2.05, 4.69) is 0 Å². The molecule has 104 valence electrons. The zero-order valence-corrected chi connectivity index (χ0v) is 11.1. The minimum absolute atomic E-state index is 0.181. The van der Waals surface area contributed by atoms with Gasteiger partial charge in [-0.2, -0.15) is 0 Å². The maximum Gasteiger partial charge on any atom is 0.411 e. The van der Waals surface area contributed by atoms with Crippen molar-refractivity contribution < 1.29 is 24.2 Å². The Morgan fingerprint density at radius 3 is 2.61 bits per heavy atom. The molecule has 0 aromatic rings. The molecule has 1 heterocycles. The van der Waals surface area contributed by atoms with E-state index in [1.807, 2.05) is 20.8 Å². The van der Waals surface area contributed by atoms with Crippen molar-refractivity contribution in [3.8, 4) is 0 Å². The highest BCUT2D eigenvalue weighted by Crippen LogP contribution is 2.34. The molecule has 0 aromatic heterocycles. The summed E-state index contributed by atoms with van der Waals surface area (Å²) in [4.78, 5) is 22.9. The van der Waals surface area contributed by atoms with Gasteiger partial charge in [0.25, 0.3) is 5.91 Å². The molecule has 6 nitrogen and oxygen atoms in total. The third-order valence-electron chi connectivity index (χ3n) is 2.61. The molecule has 6 heteroatoms. The van der Waals surface area contributed by atoms with E-state index in [0.29, 0.717) is 19.3 Å². The van der Waals surface area contributed by atoms with Crippen LogP contribution in [0.3, 0.4) is 0 Å². The van der Waals surface area contributed by atoms with Gasteiger partial charge in [0, 0.05) is 13.0 Å². The number of aldehydes is 1. The summed E-state index contributed by atoms with van der Waals surface area (Å²) >= 11 is 0. The molecule has 1 N–H and O–H groups in total. The van der Waals surface area contributed by atoms with Gasteiger partial charge in [-0.25, -0.2) is 4.79 Å². The minimum atomic E-state index is -1.34. The summed E-state index contributed by atoms with van der Waals surface area (Å²) in [6.07, 6.45) is 1.52. The van der Waals surface area contributed by atoms with Crippen molar-refractivity contribution in [2.75, 3.05) is 13.2 Å². The highest BCUT2D eigenvalue weighted by Gasteiger charge is 2.46. The predicted octanol–water partition coefficient (Wildman–Crippen LogP) is 1.83. The Kier molecular flexibility index (Phi) is 4.70. The lowest BCUT2D eigenvalue weighted by atomic mass is 10.1. The van der Waals surface area contributed by atoms with E-state index in [1.54, 1.807) is 0 Å². The Hall–Kier alpha value is -1.14. The first-order valence-electron chi connectivity index (χ1n) is 6.09. The largest absolute Gasteiger partial charge is 0.465 e. The predicted molar refractivity (Wildman–Crippen MR) is 64.2 cm³/mol. The number of likely N-dealkylation sites (tertiary alicyclic amines) is 1. The molecular weight excluding hydrogens is 238 g/mol. The molecule has 1 saturated heterocycles. The lowest BCUT2D eigenvalue weighted by Gasteiger charge is -2.47. The molecule has 1 aliphatic heterocycles. The van der Waals surface area contributed by atoms with E-state index < -0.39 is 17.6 Å². The third kappa shape index (κ3) is 3.68. The number of carbonyl (C=O) groups excluding carboxylic acids is 1. The van der Waals surface area contributed by atoms with E-state index in [0.717, 1.165) is 17.7 Å². The summed E-state index contributed by atoms with van der Waals surface area (Å²) in [5, 5.41) is 9.25. The van der Waals surface area contributed by atoms with Crippen LogP contribution in [0.5, 0.6) is 0 Å². The number of hydrogen-bond acceptors (Lipinski definition) is 4. The maximum atomic E-state index is 11.3. The van der Waals surface area contributed by atoms with Gasteiger partial charge in [0.2, 0.25) is 0 Å². The second-order valence-corrected chi connectivity index (χ2v) is 5.30. The van der Waals surface area contributed by atoms with E-state index in [9.17, 15) is 14.7 Å². The average molecular weight is 259 g/mol. The molecule has 1 rings (SSSR count). The highest BCUT2D eigenvalue weighted by atomic mass is 16.7. The van der Waals surface area contributed by atoms with Crippen LogP contribution in [0.15, 0.2) is 0 Å². The molecule has 0 spiro atoms. The summed E-state index contributed by atoms with van der Waals surface area (Å²) in [6.45, 7) is 5.65. The Morgan fingerprint density at radius 1 is 1.44 bits per heavy atom. The fourth-order valence-electron chi connectivity index (χ4n) is 2.09. The monoisotopic (exact) mass is 259 g/mol. The first-order chi connectivity index (χ1) is 8.31. The van der Waals surface area contributed by atoms with Crippen molar-refractivity contribution >= 4 is 12.4 Å². The molecule has 1 atom stereocenters. The number of nitrogens with zero attached hydrogens (tertiary/aromatic N) is 1. The molecule has 1 fully saturated rings. The molecule has 0 aromatic carbocycles. The quantitative estimate of drug-likeness (QED) is 0.615. The lowest BCUT2D eigenvalue weighted by molar-refractivity contribution is -0.344. The van der Waals surface area contributed by atoms with Gasteiger partial charge in [0.15, 0.2) is 0 Å². The maximum absolute atomic E-state index is 11.3.